The number of ether oxygens (including phenoxy) is 2. The van der Waals surface area contributed by atoms with Crippen LogP contribution < -0.4 is 14.8 Å². The molecule has 128 valence electrons. The summed E-state index contributed by atoms with van der Waals surface area (Å²) in [5.74, 6) is 0.223. The molecule has 2 rings (SSSR count). The lowest BCUT2D eigenvalue weighted by molar-refractivity contribution is -0.153. The number of anilines is 1. The summed E-state index contributed by atoms with van der Waals surface area (Å²) in [6.45, 7) is -1.27. The highest BCUT2D eigenvalue weighted by Gasteiger charge is 2.28. The average molecular weight is 339 g/mol. The Labute approximate surface area is 137 Å². The lowest BCUT2D eigenvalue weighted by Gasteiger charge is -2.14. The molecule has 1 N–H and O–H groups in total. The highest BCUT2D eigenvalue weighted by atomic mass is 19.4. The zero-order valence-corrected chi connectivity index (χ0v) is 12.7. The molecule has 0 unspecified atom stereocenters. The molecule has 0 bridgehead atoms. The molecule has 0 aliphatic heterocycles. The first kappa shape index (κ1) is 17.7. The van der Waals surface area contributed by atoms with Crippen molar-refractivity contribution in [3.8, 4) is 11.5 Å². The summed E-state index contributed by atoms with van der Waals surface area (Å²) in [6, 6.07) is 14.9. The van der Waals surface area contributed by atoms with Crippen molar-refractivity contribution in [2.45, 2.75) is 12.6 Å². The van der Waals surface area contributed by atoms with Crippen LogP contribution in [-0.4, -0.2) is 25.3 Å². The minimum atomic E-state index is -4.44. The van der Waals surface area contributed by atoms with E-state index in [1.165, 1.54) is 18.2 Å². The first-order valence-electron chi connectivity index (χ1n) is 7.20. The van der Waals surface area contributed by atoms with E-state index in [-0.39, 0.29) is 30.4 Å². The highest BCUT2D eigenvalue weighted by molar-refractivity contribution is 5.92. The number of rotatable bonds is 7. The fourth-order valence-corrected chi connectivity index (χ4v) is 1.85. The molecule has 0 fully saturated rings. The summed E-state index contributed by atoms with van der Waals surface area (Å²) in [7, 11) is 0. The van der Waals surface area contributed by atoms with Gasteiger partial charge in [0, 0.05) is 0 Å². The van der Waals surface area contributed by atoms with E-state index in [4.69, 9.17) is 9.47 Å². The Bertz CT molecular complexity index is 660. The maximum Gasteiger partial charge on any atom is 0.422 e. The van der Waals surface area contributed by atoms with Crippen LogP contribution in [0.2, 0.25) is 0 Å². The van der Waals surface area contributed by atoms with Gasteiger partial charge in [-0.3, -0.25) is 4.79 Å². The molecule has 0 atom stereocenters. The van der Waals surface area contributed by atoms with Gasteiger partial charge in [-0.15, -0.1) is 0 Å². The van der Waals surface area contributed by atoms with Crippen molar-refractivity contribution in [1.29, 1.82) is 0 Å². The second kappa shape index (κ2) is 8.24. The van der Waals surface area contributed by atoms with Crippen LogP contribution in [-0.2, 0) is 4.79 Å². The minimum Gasteiger partial charge on any atom is -0.493 e. The molecule has 2 aromatic rings. The van der Waals surface area contributed by atoms with Gasteiger partial charge in [-0.05, 0) is 24.3 Å². The van der Waals surface area contributed by atoms with Crippen LogP contribution >= 0.6 is 0 Å². The number of hydrogen-bond acceptors (Lipinski definition) is 3. The minimum absolute atomic E-state index is 0.0350. The Morgan fingerprint density at radius 3 is 2.33 bits per heavy atom. The predicted molar refractivity (Wildman–Crippen MR) is 83.2 cm³/mol. The zero-order chi connectivity index (χ0) is 17.4. The van der Waals surface area contributed by atoms with E-state index in [1.807, 2.05) is 18.2 Å². The number of para-hydroxylation sites is 3. The Balaban J connectivity index is 1.85. The van der Waals surface area contributed by atoms with Crippen molar-refractivity contribution in [2.24, 2.45) is 0 Å². The van der Waals surface area contributed by atoms with Gasteiger partial charge in [0.15, 0.2) is 6.61 Å². The van der Waals surface area contributed by atoms with Gasteiger partial charge in [0.1, 0.15) is 11.5 Å². The summed E-state index contributed by atoms with van der Waals surface area (Å²) >= 11 is 0. The van der Waals surface area contributed by atoms with E-state index >= 15 is 0 Å². The van der Waals surface area contributed by atoms with Gasteiger partial charge in [-0.25, -0.2) is 0 Å². The molecule has 0 radical (unpaired) electrons. The number of hydrogen-bond donors (Lipinski definition) is 1. The largest absolute Gasteiger partial charge is 0.493 e. The molecule has 0 saturated heterocycles. The molecule has 2 aromatic carbocycles. The third-order valence-electron chi connectivity index (χ3n) is 2.89. The van der Waals surface area contributed by atoms with E-state index in [9.17, 15) is 18.0 Å². The number of carbonyl (C=O) groups is 1. The summed E-state index contributed by atoms with van der Waals surface area (Å²) in [5, 5.41) is 2.52. The van der Waals surface area contributed by atoms with Gasteiger partial charge in [0.25, 0.3) is 0 Å². The summed E-state index contributed by atoms with van der Waals surface area (Å²) < 4.78 is 46.8. The van der Waals surface area contributed by atoms with Crippen LogP contribution in [0.15, 0.2) is 54.6 Å². The van der Waals surface area contributed by atoms with Crippen molar-refractivity contribution in [3.05, 3.63) is 54.6 Å². The SMILES string of the molecule is O=C(CCOc1ccccc1)Nc1ccccc1OCC(F)(F)F. The van der Waals surface area contributed by atoms with Crippen molar-refractivity contribution < 1.29 is 27.4 Å². The number of benzene rings is 2. The fraction of sp³-hybridized carbons (Fsp3) is 0.235. The highest BCUT2D eigenvalue weighted by Crippen LogP contribution is 2.26. The molecular formula is C17H16F3NO3. The maximum atomic E-state index is 12.2. The van der Waals surface area contributed by atoms with Crippen molar-refractivity contribution in [2.75, 3.05) is 18.5 Å². The second-order valence-electron chi connectivity index (χ2n) is 4.86. The first-order chi connectivity index (χ1) is 11.4. The molecule has 0 heterocycles. The van der Waals surface area contributed by atoms with Crippen LogP contribution in [0.3, 0.4) is 0 Å². The molecule has 0 spiro atoms. The lowest BCUT2D eigenvalue weighted by atomic mass is 10.3. The Hall–Kier alpha value is -2.70. The number of carbonyl (C=O) groups excluding carboxylic acids is 1. The van der Waals surface area contributed by atoms with E-state index in [1.54, 1.807) is 18.2 Å². The zero-order valence-electron chi connectivity index (χ0n) is 12.7. The Kier molecular flexibility index (Phi) is 6.06. The van der Waals surface area contributed by atoms with Crippen LogP contribution in [0.5, 0.6) is 11.5 Å². The molecule has 1 amide bonds. The van der Waals surface area contributed by atoms with Crippen LogP contribution in [0, 0.1) is 0 Å². The third kappa shape index (κ3) is 6.20. The number of alkyl halides is 3. The van der Waals surface area contributed by atoms with Crippen LogP contribution in [0.25, 0.3) is 0 Å². The summed E-state index contributed by atoms with van der Waals surface area (Å²) in [6.07, 6.45) is -4.39. The lowest BCUT2D eigenvalue weighted by Crippen LogP contribution is -2.20. The normalized spacial score (nSPS) is 11.0. The van der Waals surface area contributed by atoms with E-state index < -0.39 is 12.8 Å². The molecule has 0 aromatic heterocycles. The van der Waals surface area contributed by atoms with Gasteiger partial charge in [0.2, 0.25) is 5.91 Å². The van der Waals surface area contributed by atoms with E-state index in [2.05, 4.69) is 5.32 Å². The summed E-state index contributed by atoms with van der Waals surface area (Å²) in [4.78, 5) is 11.9. The average Bonchev–Trinajstić information content (AvgIpc) is 2.54. The van der Waals surface area contributed by atoms with Crippen molar-refractivity contribution in [1.82, 2.24) is 0 Å². The second-order valence-corrected chi connectivity index (χ2v) is 4.86. The molecule has 4 nitrogen and oxygen atoms in total. The standard InChI is InChI=1S/C17H16F3NO3/c18-17(19,20)12-24-15-9-5-4-8-14(15)21-16(22)10-11-23-13-6-2-1-3-7-13/h1-9H,10-12H2,(H,21,22). The monoisotopic (exact) mass is 339 g/mol. The Morgan fingerprint density at radius 2 is 1.62 bits per heavy atom. The first-order valence-corrected chi connectivity index (χ1v) is 7.20. The van der Waals surface area contributed by atoms with Crippen molar-refractivity contribution in [3.63, 3.8) is 0 Å². The molecule has 24 heavy (non-hydrogen) atoms. The van der Waals surface area contributed by atoms with E-state index in [0.717, 1.165) is 0 Å². The fourth-order valence-electron chi connectivity index (χ4n) is 1.85. The van der Waals surface area contributed by atoms with Gasteiger partial charge in [0.05, 0.1) is 18.7 Å². The quantitative estimate of drug-likeness (QED) is 0.828. The smallest absolute Gasteiger partial charge is 0.422 e. The number of nitrogens with one attached hydrogen (secondary N) is 1. The Morgan fingerprint density at radius 1 is 0.958 bits per heavy atom. The number of amides is 1. The van der Waals surface area contributed by atoms with Gasteiger partial charge >= 0.3 is 6.18 Å². The molecule has 0 saturated carbocycles. The molecule has 0 aliphatic carbocycles. The van der Waals surface area contributed by atoms with E-state index in [0.29, 0.717) is 5.75 Å². The topological polar surface area (TPSA) is 47.6 Å². The van der Waals surface area contributed by atoms with Crippen LogP contribution in [0.4, 0.5) is 18.9 Å². The molecule has 7 heteroatoms. The van der Waals surface area contributed by atoms with Gasteiger partial charge in [-0.1, -0.05) is 30.3 Å². The van der Waals surface area contributed by atoms with Crippen molar-refractivity contribution >= 4 is 11.6 Å². The molecule has 0 aliphatic rings. The third-order valence-corrected chi connectivity index (χ3v) is 2.89. The maximum absolute atomic E-state index is 12.2. The van der Waals surface area contributed by atoms with Gasteiger partial charge in [-0.2, -0.15) is 13.2 Å². The van der Waals surface area contributed by atoms with Crippen LogP contribution in [0.1, 0.15) is 6.42 Å². The number of halogens is 3. The molecular weight excluding hydrogens is 323 g/mol. The summed E-state index contributed by atoms with van der Waals surface area (Å²) in [5.41, 5.74) is 0.187. The predicted octanol–water partition coefficient (Wildman–Crippen LogP) is 4.04. The van der Waals surface area contributed by atoms with Gasteiger partial charge < -0.3 is 14.8 Å².